The van der Waals surface area contributed by atoms with Crippen LogP contribution in [0, 0.1) is 5.82 Å². The van der Waals surface area contributed by atoms with E-state index in [0.29, 0.717) is 16.6 Å². The predicted molar refractivity (Wildman–Crippen MR) is 86.4 cm³/mol. The van der Waals surface area contributed by atoms with Gasteiger partial charge >= 0.3 is 0 Å². The number of rotatable bonds is 3. The maximum atomic E-state index is 12.9. The lowest BCUT2D eigenvalue weighted by molar-refractivity contribution is -0.115. The molecule has 1 aliphatic heterocycles. The molecule has 112 valence electrons. The maximum Gasteiger partial charge on any atom is 0.243 e. The van der Waals surface area contributed by atoms with Crippen LogP contribution in [0.15, 0.2) is 53.5 Å². The van der Waals surface area contributed by atoms with Crippen LogP contribution in [-0.4, -0.2) is 23.9 Å². The quantitative estimate of drug-likeness (QED) is 0.869. The molecular formula is C16H13FN2O2S. The van der Waals surface area contributed by atoms with Crippen molar-refractivity contribution in [2.75, 3.05) is 17.8 Å². The lowest BCUT2D eigenvalue weighted by Crippen LogP contribution is -2.28. The Labute approximate surface area is 131 Å². The maximum absolute atomic E-state index is 12.9. The fraction of sp³-hybridized carbons (Fsp3) is 0.125. The Morgan fingerprint density at radius 2 is 1.82 bits per heavy atom. The SMILES string of the molecule is COc1ccc(N2C(=O)CS/C2=N\c2ccc(F)cc2)cc1. The largest absolute Gasteiger partial charge is 0.497 e. The predicted octanol–water partition coefficient (Wildman–Crippen LogP) is 3.60. The van der Waals surface area contributed by atoms with Crippen LogP contribution in [0.4, 0.5) is 15.8 Å². The third-order valence-corrected chi connectivity index (χ3v) is 4.07. The van der Waals surface area contributed by atoms with E-state index in [0.717, 1.165) is 11.4 Å². The van der Waals surface area contributed by atoms with Gasteiger partial charge in [-0.25, -0.2) is 9.38 Å². The summed E-state index contributed by atoms with van der Waals surface area (Å²) < 4.78 is 18.1. The average molecular weight is 316 g/mol. The number of anilines is 1. The monoisotopic (exact) mass is 316 g/mol. The molecule has 2 aromatic rings. The Kier molecular flexibility index (Phi) is 4.11. The van der Waals surface area contributed by atoms with Gasteiger partial charge < -0.3 is 4.74 Å². The van der Waals surface area contributed by atoms with Crippen molar-refractivity contribution in [2.24, 2.45) is 4.99 Å². The summed E-state index contributed by atoms with van der Waals surface area (Å²) in [5.74, 6) is 0.716. The standard InChI is InChI=1S/C16H13FN2O2S/c1-21-14-8-6-13(7-9-14)19-15(20)10-22-16(19)18-12-4-2-11(17)3-5-12/h2-9H,10H2,1H3/b18-16-. The number of nitrogens with zero attached hydrogens (tertiary/aromatic N) is 2. The van der Waals surface area contributed by atoms with E-state index in [-0.39, 0.29) is 11.7 Å². The van der Waals surface area contributed by atoms with Crippen LogP contribution < -0.4 is 9.64 Å². The van der Waals surface area contributed by atoms with Crippen molar-refractivity contribution >= 4 is 34.2 Å². The molecule has 0 unspecified atom stereocenters. The number of hydrogen-bond acceptors (Lipinski definition) is 4. The van der Waals surface area contributed by atoms with Gasteiger partial charge in [-0.15, -0.1) is 0 Å². The lowest BCUT2D eigenvalue weighted by atomic mass is 10.3. The summed E-state index contributed by atoms with van der Waals surface area (Å²) in [4.78, 5) is 18.1. The number of benzene rings is 2. The van der Waals surface area contributed by atoms with Gasteiger partial charge in [0.2, 0.25) is 5.91 Å². The number of ether oxygens (including phenoxy) is 1. The molecule has 1 aliphatic rings. The summed E-state index contributed by atoms with van der Waals surface area (Å²) in [6.45, 7) is 0. The van der Waals surface area contributed by atoms with Crippen LogP contribution in [-0.2, 0) is 4.79 Å². The second-order valence-electron chi connectivity index (χ2n) is 4.59. The second kappa shape index (κ2) is 6.19. The van der Waals surface area contributed by atoms with E-state index >= 15 is 0 Å². The molecule has 0 aliphatic carbocycles. The van der Waals surface area contributed by atoms with Crippen molar-refractivity contribution in [1.29, 1.82) is 0 Å². The highest BCUT2D eigenvalue weighted by molar-refractivity contribution is 8.15. The van der Waals surface area contributed by atoms with E-state index in [4.69, 9.17) is 4.74 Å². The van der Waals surface area contributed by atoms with Gasteiger partial charge in [-0.05, 0) is 48.5 Å². The Morgan fingerprint density at radius 1 is 1.14 bits per heavy atom. The minimum absolute atomic E-state index is 0.0315. The molecule has 1 fully saturated rings. The van der Waals surface area contributed by atoms with Crippen molar-refractivity contribution in [3.63, 3.8) is 0 Å². The van der Waals surface area contributed by atoms with Gasteiger partial charge in [0.15, 0.2) is 5.17 Å². The molecule has 0 N–H and O–H groups in total. The van der Waals surface area contributed by atoms with Gasteiger partial charge in [0, 0.05) is 0 Å². The summed E-state index contributed by atoms with van der Waals surface area (Å²) in [5, 5.41) is 0.585. The number of methoxy groups -OCH3 is 1. The van der Waals surface area contributed by atoms with Gasteiger partial charge in [0.05, 0.1) is 24.2 Å². The van der Waals surface area contributed by atoms with Crippen LogP contribution in [0.5, 0.6) is 5.75 Å². The number of carbonyl (C=O) groups is 1. The minimum atomic E-state index is -0.314. The molecule has 1 amide bonds. The first kappa shape index (κ1) is 14.6. The van der Waals surface area contributed by atoms with Crippen LogP contribution in [0.1, 0.15) is 0 Å². The van der Waals surface area contributed by atoms with E-state index in [9.17, 15) is 9.18 Å². The molecule has 1 heterocycles. The van der Waals surface area contributed by atoms with Gasteiger partial charge in [-0.2, -0.15) is 0 Å². The van der Waals surface area contributed by atoms with Gasteiger partial charge in [-0.3, -0.25) is 9.69 Å². The Hall–Kier alpha value is -2.34. The number of halogens is 1. The lowest BCUT2D eigenvalue weighted by Gasteiger charge is -2.16. The summed E-state index contributed by atoms with van der Waals surface area (Å²) in [6, 6.07) is 13.1. The first-order valence-corrected chi connectivity index (χ1v) is 7.60. The third-order valence-electron chi connectivity index (χ3n) is 3.15. The van der Waals surface area contributed by atoms with E-state index in [2.05, 4.69) is 4.99 Å². The molecule has 0 radical (unpaired) electrons. The number of amidine groups is 1. The highest BCUT2D eigenvalue weighted by atomic mass is 32.2. The highest BCUT2D eigenvalue weighted by Crippen LogP contribution is 2.30. The zero-order valence-corrected chi connectivity index (χ0v) is 12.6. The molecule has 6 heteroatoms. The number of carbonyl (C=O) groups excluding carboxylic acids is 1. The van der Waals surface area contributed by atoms with Gasteiger partial charge in [-0.1, -0.05) is 11.8 Å². The Balaban J connectivity index is 1.92. The Morgan fingerprint density at radius 3 is 2.45 bits per heavy atom. The van der Waals surface area contributed by atoms with Crippen molar-refractivity contribution in [3.8, 4) is 5.75 Å². The molecule has 0 aromatic heterocycles. The van der Waals surface area contributed by atoms with Crippen LogP contribution in [0.3, 0.4) is 0 Å². The molecular weight excluding hydrogens is 303 g/mol. The number of hydrogen-bond donors (Lipinski definition) is 0. The van der Waals surface area contributed by atoms with E-state index in [1.54, 1.807) is 36.3 Å². The minimum Gasteiger partial charge on any atom is -0.497 e. The fourth-order valence-electron chi connectivity index (χ4n) is 2.06. The van der Waals surface area contributed by atoms with Crippen LogP contribution in [0.2, 0.25) is 0 Å². The van der Waals surface area contributed by atoms with E-state index in [1.165, 1.54) is 23.9 Å². The summed E-state index contributed by atoms with van der Waals surface area (Å²) in [7, 11) is 1.59. The van der Waals surface area contributed by atoms with Crippen molar-refractivity contribution in [3.05, 3.63) is 54.3 Å². The molecule has 0 atom stereocenters. The fourth-order valence-corrected chi connectivity index (χ4v) is 2.94. The van der Waals surface area contributed by atoms with Gasteiger partial charge in [0.1, 0.15) is 11.6 Å². The molecule has 3 rings (SSSR count). The normalized spacial score (nSPS) is 16.4. The number of thioether (sulfide) groups is 1. The third kappa shape index (κ3) is 2.96. The zero-order chi connectivity index (χ0) is 15.5. The smallest absolute Gasteiger partial charge is 0.243 e. The Bertz CT molecular complexity index is 714. The zero-order valence-electron chi connectivity index (χ0n) is 11.8. The highest BCUT2D eigenvalue weighted by Gasteiger charge is 2.29. The molecule has 1 saturated heterocycles. The van der Waals surface area contributed by atoms with E-state index in [1.807, 2.05) is 12.1 Å². The molecule has 0 spiro atoms. The van der Waals surface area contributed by atoms with Crippen molar-refractivity contribution in [2.45, 2.75) is 0 Å². The summed E-state index contributed by atoms with van der Waals surface area (Å²) >= 11 is 1.36. The molecule has 2 aromatic carbocycles. The van der Waals surface area contributed by atoms with E-state index < -0.39 is 0 Å². The molecule has 0 saturated carbocycles. The molecule has 22 heavy (non-hydrogen) atoms. The van der Waals surface area contributed by atoms with Crippen molar-refractivity contribution < 1.29 is 13.9 Å². The summed E-state index contributed by atoms with van der Waals surface area (Å²) in [6.07, 6.45) is 0. The van der Waals surface area contributed by atoms with Crippen molar-refractivity contribution in [1.82, 2.24) is 0 Å². The molecule has 0 bridgehead atoms. The first-order chi connectivity index (χ1) is 10.7. The second-order valence-corrected chi connectivity index (χ2v) is 5.53. The van der Waals surface area contributed by atoms with Crippen LogP contribution in [0.25, 0.3) is 0 Å². The number of aliphatic imine (C=N–C) groups is 1. The average Bonchev–Trinajstić information content (AvgIpc) is 2.90. The van der Waals surface area contributed by atoms with Crippen LogP contribution >= 0.6 is 11.8 Å². The topological polar surface area (TPSA) is 41.9 Å². The molecule has 4 nitrogen and oxygen atoms in total. The first-order valence-electron chi connectivity index (χ1n) is 6.61. The summed E-state index contributed by atoms with van der Waals surface area (Å²) in [5.41, 5.74) is 1.34. The van der Waals surface area contributed by atoms with Gasteiger partial charge in [0.25, 0.3) is 0 Å². The number of amides is 1.